The zero-order chi connectivity index (χ0) is 16.2. The molecule has 116 valence electrons. The molecule has 2 N–H and O–H groups in total. The first kappa shape index (κ1) is 15.8. The van der Waals surface area contributed by atoms with E-state index in [0.717, 1.165) is 5.56 Å². The number of amides is 1. The van der Waals surface area contributed by atoms with E-state index in [9.17, 15) is 14.7 Å². The lowest BCUT2D eigenvalue weighted by molar-refractivity contribution is -0.144. The van der Waals surface area contributed by atoms with E-state index in [0.29, 0.717) is 18.7 Å². The van der Waals surface area contributed by atoms with Gasteiger partial charge in [-0.25, -0.2) is 9.78 Å². The van der Waals surface area contributed by atoms with Crippen LogP contribution in [0.1, 0.15) is 37.2 Å². The maximum Gasteiger partial charge on any atom is 0.329 e. The molecule has 2 aromatic rings. The van der Waals surface area contributed by atoms with Gasteiger partial charge in [-0.1, -0.05) is 31.5 Å². The molecule has 0 radical (unpaired) electrons. The molecule has 0 aliphatic heterocycles. The highest BCUT2D eigenvalue weighted by atomic mass is 16.4. The zero-order valence-corrected chi connectivity index (χ0v) is 12.5. The van der Waals surface area contributed by atoms with Crippen LogP contribution < -0.4 is 5.32 Å². The maximum atomic E-state index is 12.2. The summed E-state index contributed by atoms with van der Waals surface area (Å²) in [4.78, 5) is 27.6. The molecule has 6 nitrogen and oxygen atoms in total. The highest BCUT2D eigenvalue weighted by Crippen LogP contribution is 2.19. The average Bonchev–Trinajstić information content (AvgIpc) is 2.98. The normalized spacial score (nSPS) is 13.4. The molecule has 0 aliphatic rings. The van der Waals surface area contributed by atoms with Gasteiger partial charge in [0.1, 0.15) is 11.8 Å². The smallest absolute Gasteiger partial charge is 0.329 e. The maximum absolute atomic E-state index is 12.2. The van der Waals surface area contributed by atoms with Crippen LogP contribution in [0.25, 0.3) is 11.5 Å². The number of hydrogen-bond acceptors (Lipinski definition) is 4. The van der Waals surface area contributed by atoms with Crippen LogP contribution in [0.5, 0.6) is 0 Å². The Kier molecular flexibility index (Phi) is 4.60. The molecule has 0 fully saturated rings. The van der Waals surface area contributed by atoms with E-state index in [4.69, 9.17) is 4.42 Å². The minimum Gasteiger partial charge on any atom is -0.480 e. The molecule has 0 saturated carbocycles. The number of aromatic nitrogens is 1. The summed E-state index contributed by atoms with van der Waals surface area (Å²) in [6.45, 7) is 3.34. The Morgan fingerprint density at radius 2 is 2.00 bits per heavy atom. The fourth-order valence-corrected chi connectivity index (χ4v) is 2.13. The first-order valence-electron chi connectivity index (χ1n) is 7.03. The van der Waals surface area contributed by atoms with Crippen molar-refractivity contribution in [3.63, 3.8) is 0 Å². The van der Waals surface area contributed by atoms with Crippen molar-refractivity contribution in [2.24, 2.45) is 0 Å². The first-order valence-corrected chi connectivity index (χ1v) is 7.03. The van der Waals surface area contributed by atoms with Crippen molar-refractivity contribution in [1.29, 1.82) is 0 Å². The third-order valence-corrected chi connectivity index (χ3v) is 3.37. The zero-order valence-electron chi connectivity index (χ0n) is 12.5. The van der Waals surface area contributed by atoms with E-state index in [2.05, 4.69) is 10.3 Å². The number of nitrogens with zero attached hydrogens (tertiary/aromatic N) is 1. The second-order valence-corrected chi connectivity index (χ2v) is 5.25. The second kappa shape index (κ2) is 6.43. The molecule has 0 spiro atoms. The minimum atomic E-state index is -1.32. The van der Waals surface area contributed by atoms with Crippen LogP contribution in [-0.2, 0) is 4.79 Å². The number of hydrogen-bond donors (Lipinski definition) is 2. The van der Waals surface area contributed by atoms with Gasteiger partial charge in [0.15, 0.2) is 5.69 Å². The monoisotopic (exact) mass is 302 g/mol. The molecule has 0 aliphatic carbocycles. The van der Waals surface area contributed by atoms with Crippen molar-refractivity contribution in [2.45, 2.75) is 32.2 Å². The third kappa shape index (κ3) is 3.33. The second-order valence-electron chi connectivity index (χ2n) is 5.25. The van der Waals surface area contributed by atoms with Gasteiger partial charge in [0.2, 0.25) is 5.89 Å². The molecular weight excluding hydrogens is 284 g/mol. The molecule has 6 heteroatoms. The van der Waals surface area contributed by atoms with Gasteiger partial charge >= 0.3 is 5.97 Å². The lowest BCUT2D eigenvalue weighted by Crippen LogP contribution is -2.52. The standard InChI is InChI=1S/C16H18N2O4/c1-3-9-16(2,15(20)21)18-13(19)12-10-22-14(17-12)11-7-5-4-6-8-11/h4-8,10H,3,9H2,1-2H3,(H,18,19)(H,20,21). The van der Waals surface area contributed by atoms with Gasteiger partial charge in [-0.2, -0.15) is 0 Å². The van der Waals surface area contributed by atoms with Gasteiger partial charge in [-0.15, -0.1) is 0 Å². The molecule has 22 heavy (non-hydrogen) atoms. The van der Waals surface area contributed by atoms with Crippen molar-refractivity contribution < 1.29 is 19.1 Å². The fraction of sp³-hybridized carbons (Fsp3) is 0.312. The Morgan fingerprint density at radius 3 is 2.59 bits per heavy atom. The molecule has 1 heterocycles. The molecule has 1 amide bonds. The van der Waals surface area contributed by atoms with Gasteiger partial charge in [0, 0.05) is 5.56 Å². The Morgan fingerprint density at radius 1 is 1.32 bits per heavy atom. The summed E-state index contributed by atoms with van der Waals surface area (Å²) >= 11 is 0. The number of carbonyl (C=O) groups excluding carboxylic acids is 1. The van der Waals surface area contributed by atoms with Crippen LogP contribution in [0.4, 0.5) is 0 Å². The molecule has 0 saturated heterocycles. The Labute approximate surface area is 128 Å². The van der Waals surface area contributed by atoms with Crippen molar-refractivity contribution >= 4 is 11.9 Å². The number of carboxylic acids is 1. The largest absolute Gasteiger partial charge is 0.480 e. The summed E-state index contributed by atoms with van der Waals surface area (Å²) in [5, 5.41) is 11.8. The molecule has 1 atom stereocenters. The number of carbonyl (C=O) groups is 2. The predicted molar refractivity (Wildman–Crippen MR) is 80.4 cm³/mol. The lowest BCUT2D eigenvalue weighted by atomic mass is 9.96. The topological polar surface area (TPSA) is 92.4 Å². The number of aliphatic carboxylic acids is 1. The number of oxazole rings is 1. The highest BCUT2D eigenvalue weighted by molar-refractivity contribution is 5.96. The Hall–Kier alpha value is -2.63. The van der Waals surface area contributed by atoms with E-state index >= 15 is 0 Å². The summed E-state index contributed by atoms with van der Waals surface area (Å²) in [5.74, 6) is -1.32. The molecule has 0 bridgehead atoms. The molecule has 1 aromatic heterocycles. The van der Waals surface area contributed by atoms with E-state index in [1.807, 2.05) is 37.3 Å². The van der Waals surface area contributed by atoms with E-state index in [1.165, 1.54) is 13.2 Å². The number of nitrogens with one attached hydrogen (secondary N) is 1. The average molecular weight is 302 g/mol. The van der Waals surface area contributed by atoms with Crippen LogP contribution in [0.15, 0.2) is 41.0 Å². The third-order valence-electron chi connectivity index (χ3n) is 3.37. The van der Waals surface area contributed by atoms with Gasteiger partial charge < -0.3 is 14.8 Å². The van der Waals surface area contributed by atoms with Crippen LogP contribution in [0.3, 0.4) is 0 Å². The Balaban J connectivity index is 2.17. The van der Waals surface area contributed by atoms with Crippen molar-refractivity contribution in [3.8, 4) is 11.5 Å². The number of benzene rings is 1. The van der Waals surface area contributed by atoms with Gasteiger partial charge in [-0.3, -0.25) is 4.79 Å². The van der Waals surface area contributed by atoms with Crippen LogP contribution in [-0.4, -0.2) is 27.5 Å². The Bertz CT molecular complexity index is 666. The number of rotatable bonds is 6. The van der Waals surface area contributed by atoms with Crippen LogP contribution in [0, 0.1) is 0 Å². The summed E-state index contributed by atoms with van der Waals surface area (Å²) in [5.41, 5.74) is -0.518. The number of carboxylic acid groups (broad SMARTS) is 1. The van der Waals surface area contributed by atoms with E-state index in [1.54, 1.807) is 0 Å². The summed E-state index contributed by atoms with van der Waals surface area (Å²) < 4.78 is 5.29. The molecule has 1 aromatic carbocycles. The molecular formula is C16H18N2O4. The molecule has 2 rings (SSSR count). The quantitative estimate of drug-likeness (QED) is 0.856. The van der Waals surface area contributed by atoms with E-state index in [-0.39, 0.29) is 5.69 Å². The van der Waals surface area contributed by atoms with E-state index < -0.39 is 17.4 Å². The SMILES string of the molecule is CCCC(C)(NC(=O)c1coc(-c2ccccc2)n1)C(=O)O. The van der Waals surface area contributed by atoms with Gasteiger partial charge in [-0.05, 0) is 25.5 Å². The molecule has 1 unspecified atom stereocenters. The predicted octanol–water partition coefficient (Wildman–Crippen LogP) is 2.71. The van der Waals surface area contributed by atoms with Crippen molar-refractivity contribution in [2.75, 3.05) is 0 Å². The van der Waals surface area contributed by atoms with Gasteiger partial charge in [0.25, 0.3) is 5.91 Å². The summed E-state index contributed by atoms with van der Waals surface area (Å²) in [6.07, 6.45) is 2.19. The summed E-state index contributed by atoms with van der Waals surface area (Å²) in [6, 6.07) is 9.16. The minimum absolute atomic E-state index is 0.0578. The summed E-state index contributed by atoms with van der Waals surface area (Å²) in [7, 11) is 0. The highest BCUT2D eigenvalue weighted by Gasteiger charge is 2.34. The lowest BCUT2D eigenvalue weighted by Gasteiger charge is -2.25. The van der Waals surface area contributed by atoms with Crippen molar-refractivity contribution in [3.05, 3.63) is 42.3 Å². The van der Waals surface area contributed by atoms with Crippen molar-refractivity contribution in [1.82, 2.24) is 10.3 Å². The van der Waals surface area contributed by atoms with Gasteiger partial charge in [0.05, 0.1) is 0 Å². The fourth-order valence-electron chi connectivity index (χ4n) is 2.13. The first-order chi connectivity index (χ1) is 10.5. The van der Waals surface area contributed by atoms with Crippen LogP contribution >= 0.6 is 0 Å². The van der Waals surface area contributed by atoms with Crippen LogP contribution in [0.2, 0.25) is 0 Å².